The van der Waals surface area contributed by atoms with Crippen LogP contribution < -0.4 is 5.32 Å². The van der Waals surface area contributed by atoms with Gasteiger partial charge in [0.05, 0.1) is 12.8 Å². The quantitative estimate of drug-likeness (QED) is 0.783. The van der Waals surface area contributed by atoms with Gasteiger partial charge in [0.2, 0.25) is 0 Å². The highest BCUT2D eigenvalue weighted by molar-refractivity contribution is 6.21. The Kier molecular flexibility index (Phi) is 4.34. The SMILES string of the molecule is CCC(C)C1NC2CCCC(Cl)C2(CO)CN1C1CC1. The van der Waals surface area contributed by atoms with Crippen LogP contribution in [0.15, 0.2) is 0 Å². The van der Waals surface area contributed by atoms with Crippen molar-refractivity contribution in [2.45, 2.75) is 76.0 Å². The maximum Gasteiger partial charge on any atom is 0.0628 e. The summed E-state index contributed by atoms with van der Waals surface area (Å²) < 4.78 is 0. The van der Waals surface area contributed by atoms with E-state index in [1.165, 1.54) is 25.7 Å². The van der Waals surface area contributed by atoms with Crippen molar-refractivity contribution in [2.24, 2.45) is 11.3 Å². The fourth-order valence-electron chi connectivity index (χ4n) is 4.23. The van der Waals surface area contributed by atoms with Crippen molar-refractivity contribution < 1.29 is 5.11 Å². The number of hydrogen-bond donors (Lipinski definition) is 2. The Bertz CT molecular complexity index is 349. The summed E-state index contributed by atoms with van der Waals surface area (Å²) in [6.45, 7) is 5.82. The van der Waals surface area contributed by atoms with Crippen LogP contribution in [0.25, 0.3) is 0 Å². The Morgan fingerprint density at radius 2 is 2.10 bits per heavy atom. The van der Waals surface area contributed by atoms with Crippen LogP contribution in [0.4, 0.5) is 0 Å². The summed E-state index contributed by atoms with van der Waals surface area (Å²) in [5, 5.41) is 14.1. The molecule has 1 aliphatic heterocycles. The van der Waals surface area contributed by atoms with E-state index in [2.05, 4.69) is 24.1 Å². The summed E-state index contributed by atoms with van der Waals surface area (Å²) in [5.41, 5.74) is -0.133. The molecule has 3 fully saturated rings. The summed E-state index contributed by atoms with van der Waals surface area (Å²) >= 11 is 6.67. The number of nitrogens with zero attached hydrogens (tertiary/aromatic N) is 1. The van der Waals surface area contributed by atoms with E-state index in [4.69, 9.17) is 11.6 Å². The van der Waals surface area contributed by atoms with E-state index in [-0.39, 0.29) is 17.4 Å². The molecule has 3 nitrogen and oxygen atoms in total. The summed E-state index contributed by atoms with van der Waals surface area (Å²) in [4.78, 5) is 2.63. The number of fused-ring (bicyclic) bond motifs is 1. The largest absolute Gasteiger partial charge is 0.396 e. The lowest BCUT2D eigenvalue weighted by Crippen LogP contribution is -2.71. The summed E-state index contributed by atoms with van der Waals surface area (Å²) in [6, 6.07) is 1.11. The molecule has 0 aromatic carbocycles. The Morgan fingerprint density at radius 3 is 2.70 bits per heavy atom. The van der Waals surface area contributed by atoms with Crippen molar-refractivity contribution in [1.82, 2.24) is 10.2 Å². The van der Waals surface area contributed by atoms with Crippen molar-refractivity contribution >= 4 is 11.6 Å². The van der Waals surface area contributed by atoms with Crippen molar-refractivity contribution in [3.63, 3.8) is 0 Å². The van der Waals surface area contributed by atoms with Gasteiger partial charge in [-0.25, -0.2) is 0 Å². The Hall–Kier alpha value is 0.170. The second-order valence-corrected chi connectivity index (χ2v) is 7.77. The number of hydrogen-bond acceptors (Lipinski definition) is 3. The fourth-order valence-corrected chi connectivity index (χ4v) is 4.67. The lowest BCUT2D eigenvalue weighted by Gasteiger charge is -2.57. The highest BCUT2D eigenvalue weighted by Crippen LogP contribution is 2.46. The van der Waals surface area contributed by atoms with Crippen LogP contribution in [0.1, 0.15) is 52.4 Å². The molecular weight excluding hydrogens is 272 g/mol. The van der Waals surface area contributed by atoms with E-state index >= 15 is 0 Å². The van der Waals surface area contributed by atoms with E-state index in [1.54, 1.807) is 0 Å². The minimum atomic E-state index is -0.133. The van der Waals surface area contributed by atoms with E-state index in [9.17, 15) is 5.11 Å². The third-order valence-electron chi connectivity index (χ3n) is 5.97. The predicted octanol–water partition coefficient (Wildman–Crippen LogP) is 2.56. The highest BCUT2D eigenvalue weighted by atomic mass is 35.5. The molecule has 20 heavy (non-hydrogen) atoms. The molecule has 0 spiro atoms. The topological polar surface area (TPSA) is 35.5 Å². The van der Waals surface area contributed by atoms with Crippen LogP contribution >= 0.6 is 11.6 Å². The number of alkyl halides is 1. The zero-order chi connectivity index (χ0) is 14.3. The second kappa shape index (κ2) is 5.75. The van der Waals surface area contributed by atoms with Gasteiger partial charge >= 0.3 is 0 Å². The van der Waals surface area contributed by atoms with Gasteiger partial charge in [-0.05, 0) is 31.6 Å². The fraction of sp³-hybridized carbons (Fsp3) is 1.00. The van der Waals surface area contributed by atoms with Crippen LogP contribution in [-0.2, 0) is 0 Å². The first kappa shape index (κ1) is 15.1. The smallest absolute Gasteiger partial charge is 0.0628 e. The molecule has 5 atom stereocenters. The average Bonchev–Trinajstić information content (AvgIpc) is 3.30. The predicted molar refractivity (Wildman–Crippen MR) is 82.9 cm³/mol. The zero-order valence-electron chi connectivity index (χ0n) is 12.8. The molecule has 0 aromatic rings. The van der Waals surface area contributed by atoms with E-state index in [0.29, 0.717) is 18.1 Å². The molecule has 2 aliphatic carbocycles. The molecule has 3 aliphatic rings. The molecule has 0 radical (unpaired) electrons. The molecule has 4 heteroatoms. The molecule has 2 saturated carbocycles. The van der Waals surface area contributed by atoms with Crippen molar-refractivity contribution in [3.8, 4) is 0 Å². The number of halogens is 1. The molecule has 2 N–H and O–H groups in total. The molecule has 3 rings (SSSR count). The van der Waals surface area contributed by atoms with Crippen molar-refractivity contribution in [2.75, 3.05) is 13.2 Å². The first-order valence-electron chi connectivity index (χ1n) is 8.39. The van der Waals surface area contributed by atoms with Crippen LogP contribution in [0.3, 0.4) is 0 Å². The van der Waals surface area contributed by atoms with Crippen LogP contribution in [0, 0.1) is 11.3 Å². The normalized spacial score (nSPS) is 44.1. The maximum absolute atomic E-state index is 10.1. The van der Waals surface area contributed by atoms with Gasteiger partial charge in [0, 0.05) is 29.4 Å². The van der Waals surface area contributed by atoms with E-state index in [0.717, 1.165) is 25.4 Å². The standard InChI is InChI=1S/C16H29ClN2O/c1-3-11(2)15-18-14-6-4-5-13(17)16(14,10-20)9-19(15)12-7-8-12/h11-15,18,20H,3-10H2,1-2H3. The third kappa shape index (κ3) is 2.41. The molecule has 1 heterocycles. The second-order valence-electron chi connectivity index (χ2n) is 7.24. The molecule has 5 unspecified atom stereocenters. The number of nitrogens with one attached hydrogen (secondary N) is 1. The van der Waals surface area contributed by atoms with Gasteiger partial charge in [0.1, 0.15) is 0 Å². The summed E-state index contributed by atoms with van der Waals surface area (Å²) in [7, 11) is 0. The molecule has 0 amide bonds. The number of aliphatic hydroxyl groups excluding tert-OH is 1. The Morgan fingerprint density at radius 1 is 1.35 bits per heavy atom. The molecule has 0 bridgehead atoms. The molecule has 116 valence electrons. The van der Waals surface area contributed by atoms with Crippen molar-refractivity contribution in [1.29, 1.82) is 0 Å². The molecule has 0 aromatic heterocycles. The first-order chi connectivity index (χ1) is 9.62. The minimum Gasteiger partial charge on any atom is -0.396 e. The van der Waals surface area contributed by atoms with Gasteiger partial charge in [0.15, 0.2) is 0 Å². The van der Waals surface area contributed by atoms with E-state index < -0.39 is 0 Å². The van der Waals surface area contributed by atoms with Gasteiger partial charge in [-0.2, -0.15) is 0 Å². The Balaban J connectivity index is 1.85. The average molecular weight is 301 g/mol. The number of aliphatic hydroxyl groups is 1. The monoisotopic (exact) mass is 300 g/mol. The zero-order valence-corrected chi connectivity index (χ0v) is 13.6. The lowest BCUT2D eigenvalue weighted by molar-refractivity contribution is -0.0719. The van der Waals surface area contributed by atoms with Crippen LogP contribution in [-0.4, -0.2) is 46.8 Å². The van der Waals surface area contributed by atoms with E-state index in [1.807, 2.05) is 0 Å². The maximum atomic E-state index is 10.1. The lowest BCUT2D eigenvalue weighted by atomic mass is 9.68. The van der Waals surface area contributed by atoms with Crippen LogP contribution in [0.5, 0.6) is 0 Å². The van der Waals surface area contributed by atoms with Crippen molar-refractivity contribution in [3.05, 3.63) is 0 Å². The molecular formula is C16H29ClN2O. The highest BCUT2D eigenvalue weighted by Gasteiger charge is 2.54. The third-order valence-corrected chi connectivity index (χ3v) is 6.62. The van der Waals surface area contributed by atoms with Gasteiger partial charge < -0.3 is 5.11 Å². The summed E-state index contributed by atoms with van der Waals surface area (Å²) in [5.74, 6) is 0.656. The minimum absolute atomic E-state index is 0.109. The Labute approximate surface area is 128 Å². The van der Waals surface area contributed by atoms with Crippen LogP contribution in [0.2, 0.25) is 0 Å². The number of rotatable bonds is 4. The van der Waals surface area contributed by atoms with Gasteiger partial charge in [-0.3, -0.25) is 10.2 Å². The van der Waals surface area contributed by atoms with Gasteiger partial charge in [-0.15, -0.1) is 11.6 Å². The molecule has 1 saturated heterocycles. The first-order valence-corrected chi connectivity index (χ1v) is 8.82. The van der Waals surface area contributed by atoms with Gasteiger partial charge in [0.25, 0.3) is 0 Å². The summed E-state index contributed by atoms with van der Waals surface area (Å²) in [6.07, 6.45) is 7.69. The van der Waals surface area contributed by atoms with Gasteiger partial charge in [-0.1, -0.05) is 26.7 Å².